The number of aliphatic hydroxyl groups excluding tert-OH is 1. The molecule has 1 fully saturated rings. The molecule has 3 N–H and O–H groups in total. The van der Waals surface area contributed by atoms with Crippen molar-refractivity contribution < 1.29 is 9.90 Å². The van der Waals surface area contributed by atoms with E-state index in [1.54, 1.807) is 0 Å². The van der Waals surface area contributed by atoms with E-state index >= 15 is 0 Å². The Kier molecular flexibility index (Phi) is 4.74. The number of carbonyl (C=O) groups is 1. The Morgan fingerprint density at radius 3 is 2.75 bits per heavy atom. The lowest BCUT2D eigenvalue weighted by molar-refractivity contribution is -0.145. The SMILES string of the molecule is CCC(C)(CN)C(=O)N1CCCCC1CO. The smallest absolute Gasteiger partial charge is 0.230 e. The van der Waals surface area contributed by atoms with Gasteiger partial charge in [-0.3, -0.25) is 4.79 Å². The summed E-state index contributed by atoms with van der Waals surface area (Å²) in [6, 6.07) is -0.00123. The number of rotatable bonds is 4. The van der Waals surface area contributed by atoms with Crippen LogP contribution in [-0.2, 0) is 4.79 Å². The molecule has 0 aromatic carbocycles. The van der Waals surface area contributed by atoms with E-state index < -0.39 is 5.41 Å². The summed E-state index contributed by atoms with van der Waals surface area (Å²) in [5, 5.41) is 9.30. The van der Waals surface area contributed by atoms with Gasteiger partial charge in [-0.2, -0.15) is 0 Å². The number of aliphatic hydroxyl groups is 1. The summed E-state index contributed by atoms with van der Waals surface area (Å²) in [6.45, 7) is 5.10. The van der Waals surface area contributed by atoms with Crippen LogP contribution < -0.4 is 5.73 Å². The van der Waals surface area contributed by atoms with E-state index in [1.807, 2.05) is 18.7 Å². The highest BCUT2D eigenvalue weighted by Crippen LogP contribution is 2.27. The molecule has 1 amide bonds. The van der Waals surface area contributed by atoms with Crippen LogP contribution in [0.5, 0.6) is 0 Å². The lowest BCUT2D eigenvalue weighted by Gasteiger charge is -2.40. The van der Waals surface area contributed by atoms with E-state index in [0.717, 1.165) is 32.2 Å². The summed E-state index contributed by atoms with van der Waals surface area (Å²) in [4.78, 5) is 14.2. The Balaban J connectivity index is 2.77. The van der Waals surface area contributed by atoms with Crippen molar-refractivity contribution in [3.05, 3.63) is 0 Å². The molecule has 16 heavy (non-hydrogen) atoms. The maximum Gasteiger partial charge on any atom is 0.230 e. The minimum Gasteiger partial charge on any atom is -0.394 e. The van der Waals surface area contributed by atoms with Crippen LogP contribution in [0.25, 0.3) is 0 Å². The number of carbonyl (C=O) groups excluding carboxylic acids is 1. The van der Waals surface area contributed by atoms with Crippen molar-refractivity contribution >= 4 is 5.91 Å². The predicted molar refractivity (Wildman–Crippen MR) is 63.9 cm³/mol. The first-order valence-corrected chi connectivity index (χ1v) is 6.21. The fourth-order valence-corrected chi connectivity index (χ4v) is 2.19. The number of amides is 1. The minimum absolute atomic E-state index is 0.00123. The third-order valence-corrected chi connectivity index (χ3v) is 3.85. The molecule has 0 bridgehead atoms. The van der Waals surface area contributed by atoms with Gasteiger partial charge in [0.2, 0.25) is 5.91 Å². The average molecular weight is 228 g/mol. The molecule has 0 spiro atoms. The highest BCUT2D eigenvalue weighted by Gasteiger charge is 2.37. The van der Waals surface area contributed by atoms with E-state index in [-0.39, 0.29) is 18.6 Å². The zero-order valence-electron chi connectivity index (χ0n) is 10.4. The molecule has 0 aromatic heterocycles. The van der Waals surface area contributed by atoms with Crippen LogP contribution in [0.1, 0.15) is 39.5 Å². The number of hydrogen-bond acceptors (Lipinski definition) is 3. The van der Waals surface area contributed by atoms with Gasteiger partial charge < -0.3 is 15.7 Å². The van der Waals surface area contributed by atoms with Crippen LogP contribution in [-0.4, -0.2) is 41.7 Å². The van der Waals surface area contributed by atoms with Crippen LogP contribution in [0, 0.1) is 5.41 Å². The van der Waals surface area contributed by atoms with Crippen LogP contribution in [0.2, 0.25) is 0 Å². The molecule has 0 aliphatic carbocycles. The number of nitrogens with two attached hydrogens (primary N) is 1. The molecule has 4 nitrogen and oxygen atoms in total. The van der Waals surface area contributed by atoms with Crippen LogP contribution in [0.4, 0.5) is 0 Å². The Morgan fingerprint density at radius 1 is 1.56 bits per heavy atom. The van der Waals surface area contributed by atoms with Gasteiger partial charge in [-0.05, 0) is 32.6 Å². The van der Waals surface area contributed by atoms with Gasteiger partial charge in [-0.1, -0.05) is 6.92 Å². The van der Waals surface area contributed by atoms with Gasteiger partial charge in [0.1, 0.15) is 0 Å². The second kappa shape index (κ2) is 5.64. The summed E-state index contributed by atoms with van der Waals surface area (Å²) in [7, 11) is 0. The Labute approximate surface area is 97.8 Å². The molecule has 1 aliphatic rings. The molecule has 1 aliphatic heterocycles. The van der Waals surface area contributed by atoms with Crippen molar-refractivity contribution in [1.82, 2.24) is 4.90 Å². The molecule has 1 rings (SSSR count). The van der Waals surface area contributed by atoms with Crippen LogP contribution >= 0.6 is 0 Å². The van der Waals surface area contributed by atoms with Gasteiger partial charge in [0.05, 0.1) is 18.1 Å². The standard InChI is InChI=1S/C12H24N2O2/c1-3-12(2,9-13)11(16)14-7-5-4-6-10(14)8-15/h10,15H,3-9,13H2,1-2H3. The quantitative estimate of drug-likeness (QED) is 0.745. The van der Waals surface area contributed by atoms with Crippen molar-refractivity contribution in [2.24, 2.45) is 11.1 Å². The maximum atomic E-state index is 12.4. The Hall–Kier alpha value is -0.610. The third-order valence-electron chi connectivity index (χ3n) is 3.85. The highest BCUT2D eigenvalue weighted by atomic mass is 16.3. The molecular weight excluding hydrogens is 204 g/mol. The monoisotopic (exact) mass is 228 g/mol. The first kappa shape index (κ1) is 13.5. The average Bonchev–Trinajstić information content (AvgIpc) is 2.36. The third kappa shape index (κ3) is 2.55. The summed E-state index contributed by atoms with van der Waals surface area (Å²) < 4.78 is 0. The highest BCUT2D eigenvalue weighted by molar-refractivity contribution is 5.83. The summed E-state index contributed by atoms with van der Waals surface area (Å²) >= 11 is 0. The molecular formula is C12H24N2O2. The van der Waals surface area contributed by atoms with E-state index in [9.17, 15) is 9.90 Å². The topological polar surface area (TPSA) is 66.6 Å². The van der Waals surface area contributed by atoms with E-state index in [0.29, 0.717) is 6.54 Å². The summed E-state index contributed by atoms with van der Waals surface area (Å²) in [5.74, 6) is 0.108. The van der Waals surface area contributed by atoms with E-state index in [4.69, 9.17) is 5.73 Å². The number of nitrogens with zero attached hydrogens (tertiary/aromatic N) is 1. The maximum absolute atomic E-state index is 12.4. The molecule has 1 saturated heterocycles. The van der Waals surface area contributed by atoms with Gasteiger partial charge >= 0.3 is 0 Å². The normalized spacial score (nSPS) is 25.2. The Bertz CT molecular complexity index is 239. The molecule has 0 radical (unpaired) electrons. The van der Waals surface area contributed by atoms with E-state index in [1.165, 1.54) is 0 Å². The van der Waals surface area contributed by atoms with Gasteiger partial charge in [0.25, 0.3) is 0 Å². The van der Waals surface area contributed by atoms with Crippen molar-refractivity contribution in [3.63, 3.8) is 0 Å². The second-order valence-corrected chi connectivity index (χ2v) is 4.95. The summed E-state index contributed by atoms with van der Waals surface area (Å²) in [5.41, 5.74) is 5.23. The van der Waals surface area contributed by atoms with Crippen LogP contribution in [0.15, 0.2) is 0 Å². The fourth-order valence-electron chi connectivity index (χ4n) is 2.19. The molecule has 0 aromatic rings. The zero-order chi connectivity index (χ0) is 12.2. The molecule has 4 heteroatoms. The Morgan fingerprint density at radius 2 is 2.25 bits per heavy atom. The van der Waals surface area contributed by atoms with Crippen LogP contribution in [0.3, 0.4) is 0 Å². The first-order chi connectivity index (χ1) is 7.59. The van der Waals surface area contributed by atoms with Gasteiger partial charge in [-0.25, -0.2) is 0 Å². The fraction of sp³-hybridized carbons (Fsp3) is 0.917. The lowest BCUT2D eigenvalue weighted by atomic mass is 9.84. The van der Waals surface area contributed by atoms with Gasteiger partial charge in [0.15, 0.2) is 0 Å². The predicted octanol–water partition coefficient (Wildman–Crippen LogP) is 0.735. The molecule has 2 unspecified atom stereocenters. The second-order valence-electron chi connectivity index (χ2n) is 4.95. The van der Waals surface area contributed by atoms with Crippen molar-refractivity contribution in [2.75, 3.05) is 19.7 Å². The minimum atomic E-state index is -0.467. The zero-order valence-corrected chi connectivity index (χ0v) is 10.4. The largest absolute Gasteiger partial charge is 0.394 e. The summed E-state index contributed by atoms with van der Waals surface area (Å²) in [6.07, 6.45) is 3.79. The first-order valence-electron chi connectivity index (χ1n) is 6.21. The van der Waals surface area contributed by atoms with Crippen molar-refractivity contribution in [1.29, 1.82) is 0 Å². The van der Waals surface area contributed by atoms with Gasteiger partial charge in [-0.15, -0.1) is 0 Å². The number of likely N-dealkylation sites (tertiary alicyclic amines) is 1. The molecule has 1 heterocycles. The van der Waals surface area contributed by atoms with Crippen molar-refractivity contribution in [3.8, 4) is 0 Å². The molecule has 2 atom stereocenters. The molecule has 94 valence electrons. The number of piperidine rings is 1. The molecule has 0 saturated carbocycles. The van der Waals surface area contributed by atoms with Gasteiger partial charge in [0, 0.05) is 13.1 Å². The lowest BCUT2D eigenvalue weighted by Crippen LogP contribution is -2.53. The van der Waals surface area contributed by atoms with Crippen molar-refractivity contribution in [2.45, 2.75) is 45.6 Å². The number of hydrogen-bond donors (Lipinski definition) is 2. The van der Waals surface area contributed by atoms with E-state index in [2.05, 4.69) is 0 Å².